The van der Waals surface area contributed by atoms with E-state index in [4.69, 9.17) is 10.00 Å². The highest BCUT2D eigenvalue weighted by Crippen LogP contribution is 2.28. The molecular formula is C10H8FNO. The molecule has 2 rings (SSSR count). The third-order valence-electron chi connectivity index (χ3n) is 2.16. The summed E-state index contributed by atoms with van der Waals surface area (Å²) in [6.07, 6.45) is 1.58. The molecule has 0 saturated carbocycles. The van der Waals surface area contributed by atoms with Crippen LogP contribution in [-0.2, 0) is 6.42 Å². The first-order chi connectivity index (χ1) is 6.33. The summed E-state index contributed by atoms with van der Waals surface area (Å²) in [5.74, 6) is 0.205. The molecule has 0 saturated heterocycles. The van der Waals surface area contributed by atoms with E-state index >= 15 is 0 Å². The minimum atomic E-state index is -0.452. The van der Waals surface area contributed by atoms with Crippen molar-refractivity contribution in [2.45, 2.75) is 12.8 Å². The number of hydrogen-bond donors (Lipinski definition) is 0. The molecule has 0 aliphatic carbocycles. The Morgan fingerprint density at radius 3 is 3.08 bits per heavy atom. The molecule has 3 heteroatoms. The second kappa shape index (κ2) is 3.06. The molecule has 1 aromatic carbocycles. The third-order valence-corrected chi connectivity index (χ3v) is 2.16. The van der Waals surface area contributed by atoms with E-state index in [0.717, 1.165) is 12.8 Å². The lowest BCUT2D eigenvalue weighted by Gasteiger charge is -2.17. The number of rotatable bonds is 0. The van der Waals surface area contributed by atoms with Gasteiger partial charge >= 0.3 is 0 Å². The van der Waals surface area contributed by atoms with Crippen LogP contribution in [-0.4, -0.2) is 6.61 Å². The van der Waals surface area contributed by atoms with Crippen LogP contribution >= 0.6 is 0 Å². The number of halogens is 1. The molecular weight excluding hydrogens is 169 g/mol. The van der Waals surface area contributed by atoms with Gasteiger partial charge in [0, 0.05) is 5.56 Å². The largest absolute Gasteiger partial charge is 0.493 e. The van der Waals surface area contributed by atoms with Crippen molar-refractivity contribution in [2.75, 3.05) is 6.61 Å². The Morgan fingerprint density at radius 1 is 1.46 bits per heavy atom. The minimum Gasteiger partial charge on any atom is -0.493 e. The van der Waals surface area contributed by atoms with Crippen molar-refractivity contribution in [1.82, 2.24) is 0 Å². The lowest BCUT2D eigenvalue weighted by atomic mass is 10.0. The van der Waals surface area contributed by atoms with E-state index in [1.165, 1.54) is 6.07 Å². The molecule has 0 N–H and O–H groups in total. The van der Waals surface area contributed by atoms with Crippen LogP contribution in [0.25, 0.3) is 0 Å². The van der Waals surface area contributed by atoms with Crippen LogP contribution in [0.4, 0.5) is 4.39 Å². The summed E-state index contributed by atoms with van der Waals surface area (Å²) in [6, 6.07) is 4.74. The average Bonchev–Trinajstić information content (AvgIpc) is 2.18. The molecule has 66 valence electrons. The first kappa shape index (κ1) is 8.06. The maximum Gasteiger partial charge on any atom is 0.141 e. The highest BCUT2D eigenvalue weighted by atomic mass is 19.1. The molecule has 0 unspecified atom stereocenters. The molecule has 0 atom stereocenters. The van der Waals surface area contributed by atoms with E-state index in [1.807, 2.05) is 6.07 Å². The number of ether oxygens (including phenoxy) is 1. The zero-order valence-corrected chi connectivity index (χ0v) is 7.01. The van der Waals surface area contributed by atoms with Gasteiger partial charge in [-0.3, -0.25) is 0 Å². The lowest BCUT2D eigenvalue weighted by Crippen LogP contribution is -2.10. The first-order valence-electron chi connectivity index (χ1n) is 4.17. The number of fused-ring (bicyclic) bond motifs is 1. The maximum absolute atomic E-state index is 13.1. The molecule has 1 aliphatic rings. The Bertz CT molecular complexity index is 381. The van der Waals surface area contributed by atoms with Gasteiger partial charge in [0.1, 0.15) is 17.6 Å². The second-order valence-electron chi connectivity index (χ2n) is 2.96. The highest BCUT2D eigenvalue weighted by molar-refractivity contribution is 5.48. The van der Waals surface area contributed by atoms with Gasteiger partial charge in [0.2, 0.25) is 0 Å². The Morgan fingerprint density at radius 2 is 2.31 bits per heavy atom. The standard InChI is InChI=1S/C10H8FNO/c11-9-3-4-10-7(8(9)6-12)2-1-5-13-10/h3-4H,1-2,5H2. The fraction of sp³-hybridized carbons (Fsp3) is 0.300. The van der Waals surface area contributed by atoms with Crippen molar-refractivity contribution in [2.24, 2.45) is 0 Å². The molecule has 2 nitrogen and oxygen atoms in total. The molecule has 13 heavy (non-hydrogen) atoms. The van der Waals surface area contributed by atoms with Crippen LogP contribution in [0.1, 0.15) is 17.5 Å². The average molecular weight is 177 g/mol. The molecule has 0 spiro atoms. The van der Waals surface area contributed by atoms with E-state index in [-0.39, 0.29) is 5.56 Å². The second-order valence-corrected chi connectivity index (χ2v) is 2.96. The van der Waals surface area contributed by atoms with Gasteiger partial charge in [0.15, 0.2) is 0 Å². The van der Waals surface area contributed by atoms with E-state index in [0.29, 0.717) is 17.9 Å². The molecule has 0 fully saturated rings. The van der Waals surface area contributed by atoms with Crippen LogP contribution in [0.15, 0.2) is 12.1 Å². The topological polar surface area (TPSA) is 33.0 Å². The van der Waals surface area contributed by atoms with Crippen LogP contribution in [0.5, 0.6) is 5.75 Å². The Kier molecular flexibility index (Phi) is 1.90. The molecule has 0 bridgehead atoms. The molecule has 0 radical (unpaired) electrons. The van der Waals surface area contributed by atoms with Crippen LogP contribution in [0, 0.1) is 17.1 Å². The summed E-state index contributed by atoms with van der Waals surface area (Å²) in [4.78, 5) is 0. The number of nitriles is 1. The number of benzene rings is 1. The summed E-state index contributed by atoms with van der Waals surface area (Å²) in [7, 11) is 0. The van der Waals surface area contributed by atoms with Crippen molar-refractivity contribution >= 4 is 0 Å². The highest BCUT2D eigenvalue weighted by Gasteiger charge is 2.17. The van der Waals surface area contributed by atoms with Gasteiger partial charge in [-0.15, -0.1) is 0 Å². The third kappa shape index (κ3) is 1.25. The number of nitrogens with zero attached hydrogens (tertiary/aromatic N) is 1. The quantitative estimate of drug-likeness (QED) is 0.607. The molecule has 1 aromatic rings. The van der Waals surface area contributed by atoms with Gasteiger partial charge < -0.3 is 4.74 Å². The van der Waals surface area contributed by atoms with Crippen molar-refractivity contribution < 1.29 is 9.13 Å². The summed E-state index contributed by atoms with van der Waals surface area (Å²) in [5.41, 5.74) is 0.853. The van der Waals surface area contributed by atoms with E-state index < -0.39 is 5.82 Å². The van der Waals surface area contributed by atoms with Gasteiger partial charge in [0.25, 0.3) is 0 Å². The van der Waals surface area contributed by atoms with Crippen molar-refractivity contribution in [3.8, 4) is 11.8 Å². The number of hydrogen-bond acceptors (Lipinski definition) is 2. The van der Waals surface area contributed by atoms with E-state index in [1.54, 1.807) is 6.07 Å². The van der Waals surface area contributed by atoms with E-state index in [9.17, 15) is 4.39 Å². The lowest BCUT2D eigenvalue weighted by molar-refractivity contribution is 0.287. The van der Waals surface area contributed by atoms with Gasteiger partial charge in [0.05, 0.1) is 12.2 Å². The van der Waals surface area contributed by atoms with Crippen molar-refractivity contribution in [3.05, 3.63) is 29.1 Å². The predicted octanol–water partition coefficient (Wildman–Crippen LogP) is 2.02. The Balaban J connectivity index is 2.60. The van der Waals surface area contributed by atoms with Crippen molar-refractivity contribution in [3.63, 3.8) is 0 Å². The van der Waals surface area contributed by atoms with Crippen LogP contribution in [0.3, 0.4) is 0 Å². The summed E-state index contributed by atoms with van der Waals surface area (Å²) in [5, 5.41) is 8.73. The minimum absolute atomic E-state index is 0.136. The monoisotopic (exact) mass is 177 g/mol. The summed E-state index contributed by atoms with van der Waals surface area (Å²) < 4.78 is 18.4. The smallest absolute Gasteiger partial charge is 0.141 e. The normalized spacial score (nSPS) is 14.2. The van der Waals surface area contributed by atoms with Gasteiger partial charge in [-0.1, -0.05) is 0 Å². The predicted molar refractivity (Wildman–Crippen MR) is 44.9 cm³/mol. The summed E-state index contributed by atoms with van der Waals surface area (Å²) >= 11 is 0. The Labute approximate surface area is 75.6 Å². The maximum atomic E-state index is 13.1. The SMILES string of the molecule is N#Cc1c(F)ccc2c1CCCO2. The zero-order valence-electron chi connectivity index (χ0n) is 7.01. The van der Waals surface area contributed by atoms with Gasteiger partial charge in [-0.2, -0.15) is 5.26 Å². The molecule has 1 aliphatic heterocycles. The van der Waals surface area contributed by atoms with Crippen LogP contribution < -0.4 is 4.74 Å². The molecule has 1 heterocycles. The van der Waals surface area contributed by atoms with Crippen LogP contribution in [0.2, 0.25) is 0 Å². The summed E-state index contributed by atoms with van der Waals surface area (Å²) in [6.45, 7) is 0.656. The van der Waals surface area contributed by atoms with Gasteiger partial charge in [-0.05, 0) is 25.0 Å². The molecule has 0 aromatic heterocycles. The first-order valence-corrected chi connectivity index (χ1v) is 4.17. The fourth-order valence-electron chi connectivity index (χ4n) is 1.54. The van der Waals surface area contributed by atoms with E-state index in [2.05, 4.69) is 0 Å². The fourth-order valence-corrected chi connectivity index (χ4v) is 1.54. The molecule has 0 amide bonds. The Hall–Kier alpha value is -1.56. The van der Waals surface area contributed by atoms with Gasteiger partial charge in [-0.25, -0.2) is 4.39 Å². The van der Waals surface area contributed by atoms with Crippen molar-refractivity contribution in [1.29, 1.82) is 5.26 Å². The zero-order chi connectivity index (χ0) is 9.26.